The molecule has 1 spiro atoms. The van der Waals surface area contributed by atoms with Gasteiger partial charge >= 0.3 is 0 Å². The van der Waals surface area contributed by atoms with Gasteiger partial charge in [-0.15, -0.1) is 0 Å². The number of aliphatic hydroxyl groups is 1. The Bertz CT molecular complexity index is 452. The first-order valence-corrected chi connectivity index (χ1v) is 5.48. The highest BCUT2D eigenvalue weighted by atomic mass is 16.5. The van der Waals surface area contributed by atoms with E-state index in [1.165, 1.54) is 0 Å². The summed E-state index contributed by atoms with van der Waals surface area (Å²) in [7, 11) is 0. The molecule has 1 fully saturated rings. The number of ether oxygens (including phenoxy) is 1. The first-order chi connectivity index (χ1) is 7.77. The van der Waals surface area contributed by atoms with Crippen molar-refractivity contribution in [3.05, 3.63) is 23.8 Å². The van der Waals surface area contributed by atoms with Gasteiger partial charge in [0, 0.05) is 6.54 Å². The van der Waals surface area contributed by atoms with Crippen molar-refractivity contribution in [2.24, 2.45) is 0 Å². The van der Waals surface area contributed by atoms with E-state index in [1.54, 1.807) is 6.07 Å². The summed E-state index contributed by atoms with van der Waals surface area (Å²) in [6.45, 7) is 0.518. The molecule has 0 unspecified atom stereocenters. The molecule has 1 saturated carbocycles. The van der Waals surface area contributed by atoms with Crippen LogP contribution in [0.4, 0.5) is 5.69 Å². The second-order valence-electron chi connectivity index (χ2n) is 4.26. The van der Waals surface area contributed by atoms with E-state index in [4.69, 9.17) is 9.84 Å². The minimum atomic E-state index is -0.542. The van der Waals surface area contributed by atoms with Crippen molar-refractivity contribution in [2.45, 2.75) is 18.4 Å². The lowest BCUT2D eigenvalue weighted by atomic mass is 10.1. The largest absolute Gasteiger partial charge is 0.476 e. The fourth-order valence-corrected chi connectivity index (χ4v) is 2.09. The zero-order chi connectivity index (χ0) is 11.2. The number of fused-ring (bicyclic) bond motifs is 1. The Labute approximate surface area is 93.2 Å². The van der Waals surface area contributed by atoms with Gasteiger partial charge in [-0.2, -0.15) is 0 Å². The van der Waals surface area contributed by atoms with Crippen molar-refractivity contribution in [2.75, 3.05) is 18.5 Å². The Morgan fingerprint density at radius 1 is 1.44 bits per heavy atom. The van der Waals surface area contributed by atoms with E-state index in [9.17, 15) is 4.79 Å². The Balaban J connectivity index is 1.97. The predicted octanol–water partition coefficient (Wildman–Crippen LogP) is 1.20. The summed E-state index contributed by atoms with van der Waals surface area (Å²) in [5.41, 5.74) is 0.920. The smallest absolute Gasteiger partial charge is 0.210 e. The van der Waals surface area contributed by atoms with E-state index in [1.807, 2.05) is 12.1 Å². The lowest BCUT2D eigenvalue weighted by Gasteiger charge is -2.10. The van der Waals surface area contributed by atoms with Crippen LogP contribution >= 0.6 is 0 Å². The first-order valence-electron chi connectivity index (χ1n) is 5.48. The van der Waals surface area contributed by atoms with Crippen molar-refractivity contribution >= 4 is 11.5 Å². The lowest BCUT2D eigenvalue weighted by molar-refractivity contribution is 0.0821. The molecule has 1 aliphatic carbocycles. The number of para-hydroxylation sites is 1. The average molecular weight is 219 g/mol. The van der Waals surface area contributed by atoms with Crippen LogP contribution in [0.3, 0.4) is 0 Å². The number of hydrogen-bond donors (Lipinski definition) is 2. The number of Topliss-reactive ketones (excluding diaryl/α,β-unsaturated/α-hetero) is 1. The summed E-state index contributed by atoms with van der Waals surface area (Å²) in [6.07, 6.45) is 1.64. The molecule has 3 rings (SSSR count). The molecule has 1 aromatic rings. The van der Waals surface area contributed by atoms with E-state index < -0.39 is 5.60 Å². The van der Waals surface area contributed by atoms with Crippen LogP contribution in [0.5, 0.6) is 5.75 Å². The molecule has 4 nitrogen and oxygen atoms in total. The van der Waals surface area contributed by atoms with Gasteiger partial charge < -0.3 is 15.2 Å². The lowest BCUT2D eigenvalue weighted by Crippen LogP contribution is -2.21. The van der Waals surface area contributed by atoms with E-state index in [2.05, 4.69) is 5.32 Å². The van der Waals surface area contributed by atoms with Gasteiger partial charge in [0.05, 0.1) is 17.9 Å². The second kappa shape index (κ2) is 3.22. The summed E-state index contributed by atoms with van der Waals surface area (Å²) in [4.78, 5) is 12.0. The molecule has 0 bridgehead atoms. The minimum absolute atomic E-state index is 0.0583. The van der Waals surface area contributed by atoms with Gasteiger partial charge in [0.15, 0.2) is 11.4 Å². The van der Waals surface area contributed by atoms with Crippen LogP contribution in [0.25, 0.3) is 0 Å². The Kier molecular flexibility index (Phi) is 1.94. The van der Waals surface area contributed by atoms with Gasteiger partial charge in [0.2, 0.25) is 5.78 Å². The van der Waals surface area contributed by atoms with E-state index in [0.29, 0.717) is 17.9 Å². The summed E-state index contributed by atoms with van der Waals surface area (Å²) in [5.74, 6) is 0.758. The number of carbonyl (C=O) groups excluding carboxylic acids is 1. The van der Waals surface area contributed by atoms with E-state index >= 15 is 0 Å². The molecular formula is C12H13NO3. The van der Waals surface area contributed by atoms with E-state index in [0.717, 1.165) is 18.5 Å². The third-order valence-electron chi connectivity index (χ3n) is 3.10. The molecule has 16 heavy (non-hydrogen) atoms. The molecule has 4 heteroatoms. The van der Waals surface area contributed by atoms with Crippen LogP contribution < -0.4 is 10.1 Å². The minimum Gasteiger partial charge on any atom is -0.476 e. The maximum Gasteiger partial charge on any atom is 0.210 e. The van der Waals surface area contributed by atoms with Crippen molar-refractivity contribution in [1.29, 1.82) is 0 Å². The van der Waals surface area contributed by atoms with Gasteiger partial charge in [-0.1, -0.05) is 6.07 Å². The number of ketones is 1. The summed E-state index contributed by atoms with van der Waals surface area (Å²) in [6, 6.07) is 5.50. The molecule has 2 N–H and O–H groups in total. The fourth-order valence-electron chi connectivity index (χ4n) is 2.09. The zero-order valence-electron chi connectivity index (χ0n) is 8.82. The highest BCUT2D eigenvalue weighted by molar-refractivity contribution is 6.10. The van der Waals surface area contributed by atoms with Crippen LogP contribution in [-0.2, 0) is 0 Å². The molecule has 0 saturated heterocycles. The molecule has 0 aromatic heterocycles. The zero-order valence-corrected chi connectivity index (χ0v) is 8.82. The molecule has 2 aliphatic rings. The van der Waals surface area contributed by atoms with Crippen LogP contribution in [0, 0.1) is 0 Å². The van der Waals surface area contributed by atoms with Crippen LogP contribution in [-0.4, -0.2) is 29.6 Å². The van der Waals surface area contributed by atoms with Crippen molar-refractivity contribution in [1.82, 2.24) is 0 Å². The van der Waals surface area contributed by atoms with Crippen LogP contribution in [0.15, 0.2) is 18.2 Å². The second-order valence-corrected chi connectivity index (χ2v) is 4.26. The maximum atomic E-state index is 12.0. The molecule has 84 valence electrons. The van der Waals surface area contributed by atoms with Crippen LogP contribution in [0.2, 0.25) is 0 Å². The van der Waals surface area contributed by atoms with Crippen molar-refractivity contribution in [3.8, 4) is 5.75 Å². The summed E-state index contributed by atoms with van der Waals surface area (Å²) >= 11 is 0. The summed E-state index contributed by atoms with van der Waals surface area (Å²) in [5, 5.41) is 11.8. The number of benzene rings is 1. The van der Waals surface area contributed by atoms with Gasteiger partial charge in [-0.3, -0.25) is 4.79 Å². The SMILES string of the molecule is O=C1c2cccc(NCCO)c2OC12CC2. The molecule has 0 radical (unpaired) electrons. The Morgan fingerprint density at radius 3 is 2.94 bits per heavy atom. The quantitative estimate of drug-likeness (QED) is 0.802. The van der Waals surface area contributed by atoms with E-state index in [-0.39, 0.29) is 12.4 Å². The first kappa shape index (κ1) is 9.66. The van der Waals surface area contributed by atoms with Gasteiger partial charge in [0.1, 0.15) is 0 Å². The third kappa shape index (κ3) is 1.23. The molecule has 1 heterocycles. The number of rotatable bonds is 3. The number of hydrogen-bond acceptors (Lipinski definition) is 4. The number of carbonyl (C=O) groups is 1. The van der Waals surface area contributed by atoms with Crippen molar-refractivity contribution in [3.63, 3.8) is 0 Å². The average Bonchev–Trinajstić information content (AvgIpc) is 3.01. The Hall–Kier alpha value is -1.55. The normalized spacial score (nSPS) is 19.4. The molecule has 0 atom stereocenters. The van der Waals surface area contributed by atoms with Gasteiger partial charge in [0.25, 0.3) is 0 Å². The highest BCUT2D eigenvalue weighted by Gasteiger charge is 2.58. The van der Waals surface area contributed by atoms with Crippen LogP contribution in [0.1, 0.15) is 23.2 Å². The molecule has 0 amide bonds. The van der Waals surface area contributed by atoms with Crippen molar-refractivity contribution < 1.29 is 14.6 Å². The standard InChI is InChI=1S/C12H13NO3/c14-7-6-13-9-3-1-2-8-10(9)16-12(4-5-12)11(8)15/h1-3,13-14H,4-7H2. The number of nitrogens with one attached hydrogen (secondary N) is 1. The van der Waals surface area contributed by atoms with Gasteiger partial charge in [-0.25, -0.2) is 0 Å². The fraction of sp³-hybridized carbons (Fsp3) is 0.417. The topological polar surface area (TPSA) is 58.6 Å². The van der Waals surface area contributed by atoms with Gasteiger partial charge in [-0.05, 0) is 25.0 Å². The Morgan fingerprint density at radius 2 is 2.25 bits per heavy atom. The monoisotopic (exact) mass is 219 g/mol. The number of aliphatic hydroxyl groups excluding tert-OH is 1. The molecule has 1 aromatic carbocycles. The highest BCUT2D eigenvalue weighted by Crippen LogP contribution is 2.51. The summed E-state index contributed by atoms with van der Waals surface area (Å²) < 4.78 is 5.75. The third-order valence-corrected chi connectivity index (χ3v) is 3.10. The molecular weight excluding hydrogens is 206 g/mol. The molecule has 1 aliphatic heterocycles. The maximum absolute atomic E-state index is 12.0. The number of anilines is 1. The predicted molar refractivity (Wildman–Crippen MR) is 58.9 cm³/mol.